The molecule has 3 aliphatic heterocycles. The van der Waals surface area contributed by atoms with Crippen LogP contribution in [0, 0.1) is 5.92 Å². The number of nitrogens with one attached hydrogen (secondary N) is 1. The third kappa shape index (κ3) is 7.35. The first-order valence-corrected chi connectivity index (χ1v) is 17.3. The van der Waals surface area contributed by atoms with Crippen molar-refractivity contribution in [2.24, 2.45) is 5.92 Å². The van der Waals surface area contributed by atoms with Gasteiger partial charge in [0, 0.05) is 37.0 Å². The smallest absolute Gasteiger partial charge is 0.333 e. The van der Waals surface area contributed by atoms with E-state index in [1.807, 2.05) is 25.2 Å². The predicted octanol–water partition coefficient (Wildman–Crippen LogP) is 3.06. The maximum atomic E-state index is 13.5. The van der Waals surface area contributed by atoms with Crippen LogP contribution in [0.4, 0.5) is 0 Å². The number of unbranched alkanes of at least 4 members (excludes halogenated alkanes) is 1. The Hall–Kier alpha value is -3.86. The van der Waals surface area contributed by atoms with Gasteiger partial charge in [-0.05, 0) is 63.4 Å². The number of carbonyl (C=O) groups excluding carboxylic acids is 5. The van der Waals surface area contributed by atoms with E-state index in [0.29, 0.717) is 36.2 Å². The number of carbonyl (C=O) groups is 5. The van der Waals surface area contributed by atoms with Gasteiger partial charge in [0.05, 0.1) is 36.2 Å². The predicted molar refractivity (Wildman–Crippen MR) is 163 cm³/mol. The summed E-state index contributed by atoms with van der Waals surface area (Å²) in [6.07, 6.45) is 2.44. The topological polar surface area (TPSA) is 149 Å². The summed E-state index contributed by atoms with van der Waals surface area (Å²) in [7, 11) is -1.14. The number of nitrogens with zero attached hydrogens (tertiary/aromatic N) is 2. The van der Waals surface area contributed by atoms with Gasteiger partial charge in [-0.15, -0.1) is 0 Å². The first-order chi connectivity index (χ1) is 21.6. The SMILES string of the molecule is CN1C2CCC1[C@@H](C(=O)OCCCCNC(=O)CCC(=O)ON1C(=O)c3ccccc3C1=O)[C@@H](O[P@](C)(=O)c1ccccc1)C2. The molecule has 240 valence electrons. The van der Waals surface area contributed by atoms with Crippen molar-refractivity contribution in [2.75, 3.05) is 26.9 Å². The molecule has 2 aromatic rings. The first-order valence-electron chi connectivity index (χ1n) is 15.2. The van der Waals surface area contributed by atoms with Crippen LogP contribution in [0.25, 0.3) is 0 Å². The number of piperidine rings is 1. The van der Waals surface area contributed by atoms with Gasteiger partial charge in [0.2, 0.25) is 13.3 Å². The molecule has 0 aromatic heterocycles. The number of benzene rings is 2. The van der Waals surface area contributed by atoms with Crippen LogP contribution in [0.1, 0.15) is 65.7 Å². The normalized spacial score (nSPS) is 23.7. The summed E-state index contributed by atoms with van der Waals surface area (Å²) >= 11 is 0. The average Bonchev–Trinajstić information content (AvgIpc) is 3.40. The van der Waals surface area contributed by atoms with E-state index in [1.165, 1.54) is 12.1 Å². The molecular weight excluding hydrogens is 601 g/mol. The van der Waals surface area contributed by atoms with Crippen molar-refractivity contribution in [3.8, 4) is 0 Å². The zero-order valence-electron chi connectivity index (χ0n) is 25.4. The molecule has 13 heteroatoms. The molecule has 1 N–H and O–H groups in total. The van der Waals surface area contributed by atoms with E-state index in [2.05, 4.69) is 10.2 Å². The van der Waals surface area contributed by atoms with Crippen molar-refractivity contribution in [3.63, 3.8) is 0 Å². The van der Waals surface area contributed by atoms with E-state index in [4.69, 9.17) is 14.1 Å². The molecule has 2 bridgehead atoms. The lowest BCUT2D eigenvalue weighted by Gasteiger charge is -2.42. The third-order valence-electron chi connectivity index (χ3n) is 8.69. The minimum Gasteiger partial charge on any atom is -0.465 e. The fourth-order valence-corrected chi connectivity index (χ4v) is 7.85. The molecule has 0 aliphatic carbocycles. The number of imide groups is 1. The van der Waals surface area contributed by atoms with Crippen LogP contribution >= 0.6 is 7.37 Å². The van der Waals surface area contributed by atoms with Crippen LogP contribution < -0.4 is 10.6 Å². The number of hydroxylamine groups is 2. The zero-order valence-corrected chi connectivity index (χ0v) is 26.3. The van der Waals surface area contributed by atoms with E-state index in [-0.39, 0.29) is 48.6 Å². The number of hydrogen-bond donors (Lipinski definition) is 1. The lowest BCUT2D eigenvalue weighted by Crippen LogP contribution is -2.53. The van der Waals surface area contributed by atoms with Gasteiger partial charge in [-0.2, -0.15) is 0 Å². The second-order valence-electron chi connectivity index (χ2n) is 11.7. The highest BCUT2D eigenvalue weighted by Gasteiger charge is 2.51. The summed E-state index contributed by atoms with van der Waals surface area (Å²) in [5.41, 5.74) is 0.305. The van der Waals surface area contributed by atoms with Crippen molar-refractivity contribution >= 4 is 42.3 Å². The third-order valence-corrected chi connectivity index (χ3v) is 10.6. The van der Waals surface area contributed by atoms with Crippen LogP contribution in [0.5, 0.6) is 0 Å². The number of esters is 1. The molecular formula is C32H38N3O9P. The van der Waals surface area contributed by atoms with Gasteiger partial charge in [0.1, 0.15) is 0 Å². The first kappa shape index (κ1) is 32.5. The Morgan fingerprint density at radius 1 is 0.933 bits per heavy atom. The molecule has 3 amide bonds. The second-order valence-corrected chi connectivity index (χ2v) is 14.1. The molecule has 5 atom stereocenters. The van der Waals surface area contributed by atoms with Gasteiger partial charge >= 0.3 is 11.9 Å². The van der Waals surface area contributed by atoms with Gasteiger partial charge < -0.3 is 19.4 Å². The monoisotopic (exact) mass is 639 g/mol. The molecule has 0 radical (unpaired) electrons. The number of ether oxygens (including phenoxy) is 1. The molecule has 3 aliphatic rings. The average molecular weight is 640 g/mol. The Bertz CT molecular complexity index is 1460. The van der Waals surface area contributed by atoms with Crippen molar-refractivity contribution in [1.29, 1.82) is 0 Å². The summed E-state index contributed by atoms with van der Waals surface area (Å²) in [6.45, 7) is 2.06. The summed E-state index contributed by atoms with van der Waals surface area (Å²) in [4.78, 5) is 69.4. The van der Waals surface area contributed by atoms with Gasteiger partial charge in [-0.25, -0.2) is 4.79 Å². The van der Waals surface area contributed by atoms with Crippen LogP contribution in [0.2, 0.25) is 0 Å². The fourth-order valence-electron chi connectivity index (χ4n) is 6.28. The van der Waals surface area contributed by atoms with Crippen molar-refractivity contribution in [3.05, 3.63) is 65.7 Å². The molecule has 0 spiro atoms. The Balaban J connectivity index is 1.01. The summed E-state index contributed by atoms with van der Waals surface area (Å²) < 4.78 is 25.4. The van der Waals surface area contributed by atoms with E-state index in [0.717, 1.165) is 12.8 Å². The van der Waals surface area contributed by atoms with Crippen LogP contribution in [-0.4, -0.2) is 84.7 Å². The minimum atomic E-state index is -3.15. The standard InChI is InChI=1S/C32H38N3O9P/c1-34-21-14-15-25(34)29(26(20-21)44-45(2,41)22-10-4-3-5-11-22)32(40)42-19-9-8-18-33-27(36)16-17-28(37)43-35-30(38)23-12-6-7-13-24(23)31(35)39/h3-7,10-13,21,25-26,29H,8-9,14-20H2,1-2H3,(H,33,36)/t21?,25?,26-,29+,45-/m0/s1. The Morgan fingerprint density at radius 2 is 1.60 bits per heavy atom. The van der Waals surface area contributed by atoms with Gasteiger partial charge in [0.15, 0.2) is 0 Å². The number of rotatable bonds is 13. The van der Waals surface area contributed by atoms with Crippen LogP contribution in [0.15, 0.2) is 54.6 Å². The number of fused-ring (bicyclic) bond motifs is 3. The molecule has 12 nitrogen and oxygen atoms in total. The summed E-state index contributed by atoms with van der Waals surface area (Å²) in [5, 5.41) is 3.73. The van der Waals surface area contributed by atoms with Gasteiger partial charge in [-0.1, -0.05) is 35.4 Å². The summed E-state index contributed by atoms with van der Waals surface area (Å²) in [6, 6.07) is 15.4. The molecule has 3 heterocycles. The minimum absolute atomic E-state index is 0.0416. The van der Waals surface area contributed by atoms with E-state index < -0.39 is 43.1 Å². The van der Waals surface area contributed by atoms with Crippen molar-refractivity contribution in [2.45, 2.75) is 63.1 Å². The molecule has 2 unspecified atom stereocenters. The largest absolute Gasteiger partial charge is 0.465 e. The second kappa shape index (κ2) is 14.1. The fraction of sp³-hybridized carbons (Fsp3) is 0.469. The van der Waals surface area contributed by atoms with Gasteiger partial charge in [-0.3, -0.25) is 28.6 Å². The molecule has 2 fully saturated rings. The number of amides is 3. The van der Waals surface area contributed by atoms with Crippen molar-refractivity contribution < 1.29 is 42.6 Å². The highest BCUT2D eigenvalue weighted by Crippen LogP contribution is 2.49. The zero-order chi connectivity index (χ0) is 32.1. The highest BCUT2D eigenvalue weighted by molar-refractivity contribution is 7.66. The quantitative estimate of drug-likeness (QED) is 0.150. The van der Waals surface area contributed by atoms with E-state index >= 15 is 0 Å². The van der Waals surface area contributed by atoms with Crippen LogP contribution in [-0.2, 0) is 33.0 Å². The Morgan fingerprint density at radius 3 is 2.29 bits per heavy atom. The molecule has 5 rings (SSSR count). The molecule has 2 aromatic carbocycles. The molecule has 0 saturated carbocycles. The Kier molecular flexibility index (Phi) is 10.2. The van der Waals surface area contributed by atoms with Crippen molar-refractivity contribution in [1.82, 2.24) is 15.3 Å². The molecule has 45 heavy (non-hydrogen) atoms. The highest BCUT2D eigenvalue weighted by atomic mass is 31.2. The lowest BCUT2D eigenvalue weighted by molar-refractivity contribution is -0.169. The molecule has 2 saturated heterocycles. The number of hydrogen-bond acceptors (Lipinski definition) is 10. The van der Waals surface area contributed by atoms with E-state index in [9.17, 15) is 28.5 Å². The maximum absolute atomic E-state index is 13.5. The lowest BCUT2D eigenvalue weighted by atomic mass is 9.88. The van der Waals surface area contributed by atoms with E-state index in [1.54, 1.807) is 30.9 Å². The summed E-state index contributed by atoms with van der Waals surface area (Å²) in [5.74, 6) is -3.64. The Labute approximate surface area is 261 Å². The van der Waals surface area contributed by atoms with Crippen LogP contribution in [0.3, 0.4) is 0 Å². The van der Waals surface area contributed by atoms with Gasteiger partial charge in [0.25, 0.3) is 11.8 Å². The maximum Gasteiger partial charge on any atom is 0.333 e.